The SMILES string of the molecule is Bc1c(B)c(B)c(-c2ccc3sc4cccc(-n5c6ccccc6c6cc(-n7c8ccccc8c8cc(-n9c%10ccccc%10c%10ccccc%109)ccc87)ccc65)c4c3c2)c(B)c1B. The molecule has 0 saturated carbocycles. The van der Waals surface area contributed by atoms with Crippen LogP contribution in [0.15, 0.2) is 170 Å². The predicted molar refractivity (Wildman–Crippen MR) is 289 cm³/mol. The lowest BCUT2D eigenvalue weighted by molar-refractivity contribution is 1.16. The Balaban J connectivity index is 1.02. The van der Waals surface area contributed by atoms with Gasteiger partial charge in [0, 0.05) is 63.9 Å². The predicted octanol–water partition coefficient (Wildman–Crippen LogP) is 6.30. The number of para-hydroxylation sites is 4. The monoisotopic (exact) mass is 815 g/mol. The van der Waals surface area contributed by atoms with Crippen LogP contribution in [0.1, 0.15) is 0 Å². The highest BCUT2D eigenvalue weighted by Gasteiger charge is 2.21. The summed E-state index contributed by atoms with van der Waals surface area (Å²) in [7, 11) is 11.4. The molecule has 0 atom stereocenters. The van der Waals surface area contributed by atoms with E-state index >= 15 is 0 Å². The molecule has 0 unspecified atom stereocenters. The number of fused-ring (bicyclic) bond motifs is 12. The van der Waals surface area contributed by atoms with Crippen LogP contribution < -0.4 is 27.3 Å². The Morgan fingerprint density at radius 3 is 1.30 bits per heavy atom. The van der Waals surface area contributed by atoms with Crippen molar-refractivity contribution in [3.8, 4) is 28.2 Å². The molecule has 0 amide bonds. The van der Waals surface area contributed by atoms with E-state index in [9.17, 15) is 0 Å². The average molecular weight is 815 g/mol. The normalized spacial score (nSPS) is 12.1. The summed E-state index contributed by atoms with van der Waals surface area (Å²) >= 11 is 1.89. The van der Waals surface area contributed by atoms with E-state index in [-0.39, 0.29) is 0 Å². The smallest absolute Gasteiger partial charge is 0.139 e. The van der Waals surface area contributed by atoms with Gasteiger partial charge in [-0.15, -0.1) is 27.7 Å². The summed E-state index contributed by atoms with van der Waals surface area (Å²) in [6.45, 7) is 0. The molecule has 13 rings (SSSR count). The minimum absolute atomic E-state index is 1.15. The van der Waals surface area contributed by atoms with Crippen molar-refractivity contribution in [3.63, 3.8) is 0 Å². The first-order chi connectivity index (χ1) is 30.9. The molecule has 13 aromatic rings. The standard InChI is InChI=1S/C54H38B5N3S/c55-50-48(51(56)53(58)54(59)52(50)57)29-20-25-46-38(26-29)49-45(18-9-19-47(49)63-46)62-42-17-8-4-13-35(42)37-28-31(22-24-44(37)62)61-41-16-7-3-12-34(41)36-27-30(21-23-43(36)61)60-39-14-5-1-10-32(39)33-11-2-6-15-40(33)60/h1-28H,55-59H2. The molecule has 0 aliphatic carbocycles. The van der Waals surface area contributed by atoms with Gasteiger partial charge in [0.25, 0.3) is 0 Å². The van der Waals surface area contributed by atoms with Crippen molar-refractivity contribution in [3.05, 3.63) is 170 Å². The summed E-state index contributed by atoms with van der Waals surface area (Å²) in [5, 5.41) is 10.1. The van der Waals surface area contributed by atoms with Crippen LogP contribution in [0.2, 0.25) is 0 Å². The number of hydrogen-bond donors (Lipinski definition) is 0. The Hall–Kier alpha value is -7.08. The molecule has 4 aromatic heterocycles. The number of benzene rings is 9. The van der Waals surface area contributed by atoms with Gasteiger partial charge in [0.2, 0.25) is 0 Å². The third kappa shape index (κ3) is 5.09. The fraction of sp³-hybridized carbons (Fsp3) is 0. The molecule has 4 heterocycles. The summed E-state index contributed by atoms with van der Waals surface area (Å²) in [6.07, 6.45) is 0. The van der Waals surface area contributed by atoms with Gasteiger partial charge in [-0.2, -0.15) is 0 Å². The molecule has 0 spiro atoms. The van der Waals surface area contributed by atoms with Crippen molar-refractivity contribution >= 4 is 163 Å². The Bertz CT molecular complexity index is 4030. The van der Waals surface area contributed by atoms with Gasteiger partial charge in [0.15, 0.2) is 0 Å². The Morgan fingerprint density at radius 2 is 0.762 bits per heavy atom. The van der Waals surface area contributed by atoms with Gasteiger partial charge in [0.05, 0.1) is 38.8 Å². The maximum atomic E-state index is 2.51. The molecule has 290 valence electrons. The topological polar surface area (TPSA) is 14.8 Å². The van der Waals surface area contributed by atoms with Gasteiger partial charge in [-0.3, -0.25) is 0 Å². The van der Waals surface area contributed by atoms with E-state index in [0.29, 0.717) is 0 Å². The first-order valence-corrected chi connectivity index (χ1v) is 22.8. The number of nitrogens with zero attached hydrogens (tertiary/aromatic N) is 3. The Kier molecular flexibility index (Phi) is 7.81. The Morgan fingerprint density at radius 1 is 0.317 bits per heavy atom. The van der Waals surface area contributed by atoms with E-state index < -0.39 is 0 Å². The first kappa shape index (κ1) is 36.6. The van der Waals surface area contributed by atoms with E-state index in [1.165, 1.54) is 130 Å². The number of rotatable bonds is 4. The van der Waals surface area contributed by atoms with Crippen molar-refractivity contribution in [1.82, 2.24) is 13.7 Å². The van der Waals surface area contributed by atoms with E-state index in [0.717, 1.165) is 11.4 Å². The molecular weight excluding hydrogens is 777 g/mol. The van der Waals surface area contributed by atoms with E-state index in [4.69, 9.17) is 0 Å². The minimum Gasteiger partial charge on any atom is -0.309 e. The van der Waals surface area contributed by atoms with E-state index in [1.54, 1.807) is 0 Å². The second-order valence-electron chi connectivity index (χ2n) is 17.4. The van der Waals surface area contributed by atoms with Crippen LogP contribution in [-0.4, -0.2) is 52.9 Å². The second-order valence-corrected chi connectivity index (χ2v) is 18.5. The molecule has 0 N–H and O–H groups in total. The first-order valence-electron chi connectivity index (χ1n) is 21.9. The van der Waals surface area contributed by atoms with Crippen LogP contribution in [-0.2, 0) is 0 Å². The van der Waals surface area contributed by atoms with Crippen molar-refractivity contribution in [2.75, 3.05) is 0 Å². The van der Waals surface area contributed by atoms with Gasteiger partial charge < -0.3 is 13.7 Å². The minimum atomic E-state index is 1.15. The summed E-state index contributed by atoms with van der Waals surface area (Å²) in [6, 6.07) is 63.4. The van der Waals surface area contributed by atoms with Crippen LogP contribution in [0.4, 0.5) is 0 Å². The zero-order chi connectivity index (χ0) is 42.2. The summed E-state index contributed by atoms with van der Waals surface area (Å²) in [5.41, 5.74) is 20.4. The van der Waals surface area contributed by atoms with E-state index in [2.05, 4.69) is 223 Å². The Labute approximate surface area is 373 Å². The van der Waals surface area contributed by atoms with Crippen molar-refractivity contribution in [2.24, 2.45) is 0 Å². The van der Waals surface area contributed by atoms with Crippen molar-refractivity contribution in [2.45, 2.75) is 0 Å². The largest absolute Gasteiger partial charge is 0.309 e. The number of aromatic nitrogens is 3. The third-order valence-corrected chi connectivity index (χ3v) is 15.5. The van der Waals surface area contributed by atoms with Crippen LogP contribution >= 0.6 is 11.3 Å². The maximum absolute atomic E-state index is 2.51. The van der Waals surface area contributed by atoms with E-state index in [1.807, 2.05) is 11.3 Å². The highest BCUT2D eigenvalue weighted by molar-refractivity contribution is 7.26. The number of hydrogen-bond acceptors (Lipinski definition) is 1. The highest BCUT2D eigenvalue weighted by atomic mass is 32.1. The summed E-state index contributed by atoms with van der Waals surface area (Å²) in [5.74, 6) is 0. The number of thiophene rings is 1. The van der Waals surface area contributed by atoms with Crippen LogP contribution in [0.3, 0.4) is 0 Å². The molecule has 0 radical (unpaired) electrons. The quantitative estimate of drug-likeness (QED) is 0.186. The zero-order valence-corrected chi connectivity index (χ0v) is 36.7. The summed E-state index contributed by atoms with van der Waals surface area (Å²) in [4.78, 5) is 0. The second kappa shape index (κ2) is 13.5. The lowest BCUT2D eigenvalue weighted by Crippen LogP contribution is -2.55. The van der Waals surface area contributed by atoms with Crippen LogP contribution in [0.25, 0.3) is 114 Å². The van der Waals surface area contributed by atoms with Crippen molar-refractivity contribution in [1.29, 1.82) is 0 Å². The maximum Gasteiger partial charge on any atom is 0.139 e. The van der Waals surface area contributed by atoms with Crippen molar-refractivity contribution < 1.29 is 0 Å². The highest BCUT2D eigenvalue weighted by Crippen LogP contribution is 2.43. The lowest BCUT2D eigenvalue weighted by Gasteiger charge is -2.20. The molecule has 3 nitrogen and oxygen atoms in total. The van der Waals surface area contributed by atoms with Crippen LogP contribution in [0, 0.1) is 0 Å². The molecular formula is C54H38B5N3S. The molecule has 9 aromatic carbocycles. The fourth-order valence-corrected chi connectivity index (χ4v) is 12.1. The zero-order valence-electron chi connectivity index (χ0n) is 35.9. The summed E-state index contributed by atoms with van der Waals surface area (Å²) < 4.78 is 10.0. The molecule has 0 bridgehead atoms. The molecule has 0 saturated heterocycles. The lowest BCUT2D eigenvalue weighted by atomic mass is 9.59. The van der Waals surface area contributed by atoms with Gasteiger partial charge in [-0.25, -0.2) is 0 Å². The fourth-order valence-electron chi connectivity index (χ4n) is 11.0. The van der Waals surface area contributed by atoms with Gasteiger partial charge in [-0.05, 0) is 96.1 Å². The van der Waals surface area contributed by atoms with Gasteiger partial charge in [0.1, 0.15) is 39.2 Å². The average Bonchev–Trinajstić information content (AvgIpc) is 4.06. The van der Waals surface area contributed by atoms with Crippen LogP contribution in [0.5, 0.6) is 0 Å². The molecule has 0 fully saturated rings. The third-order valence-electron chi connectivity index (χ3n) is 14.4. The molecule has 0 aliphatic rings. The van der Waals surface area contributed by atoms with Gasteiger partial charge >= 0.3 is 0 Å². The van der Waals surface area contributed by atoms with Gasteiger partial charge in [-0.1, -0.05) is 95.9 Å². The molecule has 0 aliphatic heterocycles. The molecule has 9 heteroatoms. The molecule has 63 heavy (non-hydrogen) atoms.